The molecule has 94 valence electrons. The predicted octanol–water partition coefficient (Wildman–Crippen LogP) is 3.79. The van der Waals surface area contributed by atoms with Crippen molar-refractivity contribution in [3.8, 4) is 0 Å². The number of aliphatic hydroxyl groups is 1. The number of hydrogen-bond acceptors (Lipinski definition) is 1. The Balaban J connectivity index is 2.53. The van der Waals surface area contributed by atoms with Crippen molar-refractivity contribution in [3.63, 3.8) is 0 Å². The third-order valence-electron chi connectivity index (χ3n) is 2.52. The summed E-state index contributed by atoms with van der Waals surface area (Å²) >= 11 is 1.95. The zero-order valence-electron chi connectivity index (χ0n) is 9.00. The fourth-order valence-corrected chi connectivity index (χ4v) is 2.35. The summed E-state index contributed by atoms with van der Waals surface area (Å²) in [5, 5.41) is 10.0. The largest absolute Gasteiger partial charge is 0.383 e. The van der Waals surface area contributed by atoms with Gasteiger partial charge in [0.2, 0.25) is 0 Å². The first-order valence-corrected chi connectivity index (χ1v) is 6.15. The molecule has 1 nitrogen and oxygen atoms in total. The number of aliphatic hydroxyl groups excluding tert-OH is 1. The van der Waals surface area contributed by atoms with Crippen molar-refractivity contribution < 1.29 is 18.3 Å². The summed E-state index contributed by atoms with van der Waals surface area (Å²) < 4.78 is 40.5. The van der Waals surface area contributed by atoms with Crippen LogP contribution in [0, 0.1) is 21.0 Å². The van der Waals surface area contributed by atoms with Crippen LogP contribution in [-0.2, 0) is 0 Å². The van der Waals surface area contributed by atoms with Crippen molar-refractivity contribution in [2.75, 3.05) is 0 Å². The fraction of sp³-hybridized carbons (Fsp3) is 0.0769. The monoisotopic (exact) mass is 364 g/mol. The number of hydrogen-bond donors (Lipinski definition) is 1. The first-order valence-electron chi connectivity index (χ1n) is 5.07. The lowest BCUT2D eigenvalue weighted by Gasteiger charge is -2.15. The van der Waals surface area contributed by atoms with Crippen molar-refractivity contribution in [1.82, 2.24) is 0 Å². The number of rotatable bonds is 2. The van der Waals surface area contributed by atoms with Crippen LogP contribution in [0.1, 0.15) is 17.2 Å². The molecule has 0 aliphatic heterocycles. The van der Waals surface area contributed by atoms with Crippen LogP contribution in [0.4, 0.5) is 13.2 Å². The minimum Gasteiger partial charge on any atom is -0.383 e. The lowest BCUT2D eigenvalue weighted by Crippen LogP contribution is -2.08. The molecule has 0 heterocycles. The van der Waals surface area contributed by atoms with E-state index in [1.54, 1.807) is 24.3 Å². The zero-order valence-corrected chi connectivity index (χ0v) is 11.2. The molecule has 0 amide bonds. The van der Waals surface area contributed by atoms with E-state index in [1.165, 1.54) is 0 Å². The molecule has 0 radical (unpaired) electrons. The molecule has 1 N–H and O–H groups in total. The van der Waals surface area contributed by atoms with Crippen molar-refractivity contribution >= 4 is 22.6 Å². The third-order valence-corrected chi connectivity index (χ3v) is 3.50. The molecule has 0 fully saturated rings. The maximum Gasteiger partial charge on any atom is 0.135 e. The van der Waals surface area contributed by atoms with E-state index in [4.69, 9.17) is 0 Å². The van der Waals surface area contributed by atoms with Crippen LogP contribution in [0.15, 0.2) is 36.4 Å². The van der Waals surface area contributed by atoms with Gasteiger partial charge in [0.1, 0.15) is 23.6 Å². The highest BCUT2D eigenvalue weighted by Gasteiger charge is 2.22. The van der Waals surface area contributed by atoms with E-state index in [0.29, 0.717) is 21.3 Å². The van der Waals surface area contributed by atoms with Gasteiger partial charge in [-0.2, -0.15) is 0 Å². The van der Waals surface area contributed by atoms with Crippen molar-refractivity contribution in [2.24, 2.45) is 0 Å². The summed E-state index contributed by atoms with van der Waals surface area (Å²) in [4.78, 5) is 0. The Morgan fingerprint density at radius 1 is 1.00 bits per heavy atom. The SMILES string of the molecule is OC(c1ccccc1I)c1c(F)cc(F)cc1F. The third kappa shape index (κ3) is 2.51. The lowest BCUT2D eigenvalue weighted by molar-refractivity contribution is 0.207. The van der Waals surface area contributed by atoms with Gasteiger partial charge in [-0.25, -0.2) is 13.2 Å². The van der Waals surface area contributed by atoms with Crippen LogP contribution >= 0.6 is 22.6 Å². The second-order valence-electron chi connectivity index (χ2n) is 3.71. The van der Waals surface area contributed by atoms with Crippen LogP contribution in [0.3, 0.4) is 0 Å². The average Bonchev–Trinajstić information content (AvgIpc) is 2.27. The van der Waals surface area contributed by atoms with Crippen LogP contribution in [0.5, 0.6) is 0 Å². The molecule has 5 heteroatoms. The van der Waals surface area contributed by atoms with E-state index in [0.717, 1.165) is 0 Å². The molecule has 18 heavy (non-hydrogen) atoms. The highest BCUT2D eigenvalue weighted by atomic mass is 127. The first-order chi connectivity index (χ1) is 8.50. The molecule has 2 aromatic rings. The summed E-state index contributed by atoms with van der Waals surface area (Å²) in [6.45, 7) is 0. The molecule has 0 aromatic heterocycles. The minimum absolute atomic E-state index is 0.377. The van der Waals surface area contributed by atoms with E-state index in [9.17, 15) is 18.3 Å². The number of benzene rings is 2. The second kappa shape index (κ2) is 5.27. The molecule has 2 rings (SSSR count). The van der Waals surface area contributed by atoms with Gasteiger partial charge in [0.05, 0.1) is 5.56 Å². The first kappa shape index (κ1) is 13.4. The van der Waals surface area contributed by atoms with Gasteiger partial charge in [-0.15, -0.1) is 0 Å². The second-order valence-corrected chi connectivity index (χ2v) is 4.87. The molecular weight excluding hydrogens is 356 g/mol. The molecule has 0 bridgehead atoms. The van der Waals surface area contributed by atoms with Crippen LogP contribution in [0.2, 0.25) is 0 Å². The highest BCUT2D eigenvalue weighted by Crippen LogP contribution is 2.30. The average molecular weight is 364 g/mol. The number of halogens is 4. The Bertz CT molecular complexity index is 563. The highest BCUT2D eigenvalue weighted by molar-refractivity contribution is 14.1. The smallest absolute Gasteiger partial charge is 0.135 e. The summed E-state index contributed by atoms with van der Waals surface area (Å²) in [5.74, 6) is -3.21. The fourth-order valence-electron chi connectivity index (χ4n) is 1.67. The van der Waals surface area contributed by atoms with E-state index in [1.807, 2.05) is 22.6 Å². The van der Waals surface area contributed by atoms with E-state index >= 15 is 0 Å². The normalized spacial score (nSPS) is 12.5. The summed E-state index contributed by atoms with van der Waals surface area (Å²) in [5.41, 5.74) is -0.164. The Morgan fingerprint density at radius 2 is 1.56 bits per heavy atom. The molecule has 2 aromatic carbocycles. The van der Waals surface area contributed by atoms with Gasteiger partial charge >= 0.3 is 0 Å². The predicted molar refractivity (Wildman–Crippen MR) is 69.5 cm³/mol. The van der Waals surface area contributed by atoms with Gasteiger partial charge in [-0.3, -0.25) is 0 Å². The molecule has 0 saturated carbocycles. The molecule has 0 spiro atoms. The van der Waals surface area contributed by atoms with Crippen LogP contribution in [0.25, 0.3) is 0 Å². The van der Waals surface area contributed by atoms with Gasteiger partial charge in [0, 0.05) is 15.7 Å². The van der Waals surface area contributed by atoms with Crippen molar-refractivity contribution in [2.45, 2.75) is 6.10 Å². The van der Waals surface area contributed by atoms with Gasteiger partial charge < -0.3 is 5.11 Å². The maximum absolute atomic E-state index is 13.5. The molecule has 0 aliphatic rings. The minimum atomic E-state index is -1.46. The Labute approximate surface area is 115 Å². The van der Waals surface area contributed by atoms with Crippen molar-refractivity contribution in [3.05, 3.63) is 68.5 Å². The van der Waals surface area contributed by atoms with E-state index in [-0.39, 0.29) is 0 Å². The molecular formula is C13H8F3IO. The van der Waals surface area contributed by atoms with E-state index < -0.39 is 29.1 Å². The summed E-state index contributed by atoms with van der Waals surface area (Å²) in [6, 6.07) is 7.78. The van der Waals surface area contributed by atoms with E-state index in [2.05, 4.69) is 0 Å². The zero-order chi connectivity index (χ0) is 13.3. The Kier molecular flexibility index (Phi) is 3.91. The van der Waals surface area contributed by atoms with Gasteiger partial charge in [0.25, 0.3) is 0 Å². The van der Waals surface area contributed by atoms with Gasteiger partial charge in [-0.05, 0) is 34.2 Å². The standard InChI is InChI=1S/C13H8F3IO/c14-7-5-9(15)12(10(16)6-7)13(18)8-3-1-2-4-11(8)17/h1-6,13,18H. The molecule has 0 saturated heterocycles. The van der Waals surface area contributed by atoms with Crippen LogP contribution < -0.4 is 0 Å². The summed E-state index contributed by atoms with van der Waals surface area (Å²) in [6.07, 6.45) is -1.46. The Hall–Kier alpha value is -1.08. The Morgan fingerprint density at radius 3 is 2.11 bits per heavy atom. The lowest BCUT2D eigenvalue weighted by atomic mass is 10.0. The topological polar surface area (TPSA) is 20.2 Å². The van der Waals surface area contributed by atoms with Gasteiger partial charge in [-0.1, -0.05) is 18.2 Å². The molecule has 1 unspecified atom stereocenters. The maximum atomic E-state index is 13.5. The molecule has 1 atom stereocenters. The quantitative estimate of drug-likeness (QED) is 0.805. The van der Waals surface area contributed by atoms with Crippen molar-refractivity contribution in [1.29, 1.82) is 0 Å². The van der Waals surface area contributed by atoms with Crippen LogP contribution in [-0.4, -0.2) is 5.11 Å². The van der Waals surface area contributed by atoms with Gasteiger partial charge in [0.15, 0.2) is 0 Å². The summed E-state index contributed by atoms with van der Waals surface area (Å²) in [7, 11) is 0. The molecule has 0 aliphatic carbocycles.